The molecule has 28 heavy (non-hydrogen) atoms. The van der Waals surface area contributed by atoms with Gasteiger partial charge in [0.25, 0.3) is 0 Å². The average molecular weight is 377 g/mol. The van der Waals surface area contributed by atoms with E-state index in [0.717, 1.165) is 6.07 Å². The summed E-state index contributed by atoms with van der Waals surface area (Å²) in [5, 5.41) is 11.9. The number of rotatable bonds is 3. The van der Waals surface area contributed by atoms with Gasteiger partial charge in [0.2, 0.25) is 5.95 Å². The number of carbonyl (C=O) groups is 1. The number of benzene rings is 1. The highest BCUT2D eigenvalue weighted by molar-refractivity contribution is 5.88. The van der Waals surface area contributed by atoms with Crippen LogP contribution in [0.2, 0.25) is 0 Å². The fraction of sp³-hybridized carbons (Fsp3) is 0.100. The second-order valence-electron chi connectivity index (χ2n) is 5.82. The lowest BCUT2D eigenvalue weighted by molar-refractivity contribution is 0.0696. The van der Waals surface area contributed by atoms with Crippen LogP contribution in [0.5, 0.6) is 0 Å². The van der Waals surface area contributed by atoms with Crippen molar-refractivity contribution >= 4 is 17.7 Å². The fourth-order valence-electron chi connectivity index (χ4n) is 2.53. The van der Waals surface area contributed by atoms with Crippen molar-refractivity contribution in [1.82, 2.24) is 15.0 Å². The van der Waals surface area contributed by atoms with Gasteiger partial charge in [-0.05, 0) is 37.3 Å². The summed E-state index contributed by atoms with van der Waals surface area (Å²) in [7, 11) is 1.76. The van der Waals surface area contributed by atoms with E-state index in [4.69, 9.17) is 10.8 Å². The number of aromatic nitrogens is 3. The Bertz CT molecular complexity index is 1120. The summed E-state index contributed by atoms with van der Waals surface area (Å²) in [4.78, 5) is 23.4. The van der Waals surface area contributed by atoms with Crippen LogP contribution in [0.4, 0.5) is 16.2 Å². The van der Waals surface area contributed by atoms with Gasteiger partial charge < -0.3 is 16.2 Å². The lowest BCUT2D eigenvalue weighted by atomic mass is 10.0. The lowest BCUT2D eigenvalue weighted by Gasteiger charge is -2.09. The number of anilines is 2. The van der Waals surface area contributed by atoms with Gasteiger partial charge in [0.15, 0.2) is 0 Å². The largest absolute Gasteiger partial charge is 0.478 e. The minimum absolute atomic E-state index is 0.0280. The van der Waals surface area contributed by atoms with E-state index in [1.807, 2.05) is 0 Å². The zero-order chi connectivity index (χ0) is 20.3. The third-order valence-corrected chi connectivity index (χ3v) is 3.93. The molecule has 0 atom stereocenters. The maximum Gasteiger partial charge on any atom is 0.335 e. The zero-order valence-corrected chi connectivity index (χ0v) is 15.1. The highest BCUT2D eigenvalue weighted by Crippen LogP contribution is 2.27. The molecule has 3 rings (SSSR count). The topological polar surface area (TPSA) is 114 Å². The molecule has 0 aliphatic heterocycles. The van der Waals surface area contributed by atoms with Gasteiger partial charge in [-0.25, -0.2) is 24.1 Å². The second kappa shape index (κ2) is 7.72. The van der Waals surface area contributed by atoms with Gasteiger partial charge in [-0.15, -0.1) is 0 Å². The first-order valence-electron chi connectivity index (χ1n) is 8.22. The summed E-state index contributed by atoms with van der Waals surface area (Å²) < 4.78 is 14.6. The van der Waals surface area contributed by atoms with Gasteiger partial charge in [-0.3, -0.25) is 0 Å². The fourth-order valence-corrected chi connectivity index (χ4v) is 2.53. The molecule has 0 bridgehead atoms. The van der Waals surface area contributed by atoms with Crippen LogP contribution in [0.3, 0.4) is 0 Å². The zero-order valence-electron chi connectivity index (χ0n) is 15.1. The predicted molar refractivity (Wildman–Crippen MR) is 103 cm³/mol. The van der Waals surface area contributed by atoms with E-state index < -0.39 is 11.8 Å². The Labute approximate surface area is 160 Å². The Morgan fingerprint density at radius 3 is 2.61 bits per heavy atom. The maximum atomic E-state index is 14.6. The summed E-state index contributed by atoms with van der Waals surface area (Å²) in [5.41, 5.74) is 7.39. The maximum absolute atomic E-state index is 14.6. The molecule has 8 heteroatoms. The van der Waals surface area contributed by atoms with E-state index in [9.17, 15) is 9.18 Å². The number of carboxylic acid groups (broad SMARTS) is 1. The lowest BCUT2D eigenvalue weighted by Crippen LogP contribution is -2.05. The van der Waals surface area contributed by atoms with Crippen molar-refractivity contribution in [3.63, 3.8) is 0 Å². The third-order valence-electron chi connectivity index (χ3n) is 3.93. The van der Waals surface area contributed by atoms with Gasteiger partial charge in [0.1, 0.15) is 11.6 Å². The van der Waals surface area contributed by atoms with Crippen molar-refractivity contribution in [3.05, 3.63) is 64.7 Å². The molecular weight excluding hydrogens is 361 g/mol. The van der Waals surface area contributed by atoms with Crippen LogP contribution in [0.1, 0.15) is 27.2 Å². The SMILES string of the molecule is CNc1ccc(C#Cc2c(C)nc(N)nc2-c2ccc(C(=O)O)cc2F)cn1. The van der Waals surface area contributed by atoms with Gasteiger partial charge in [-0.1, -0.05) is 11.8 Å². The van der Waals surface area contributed by atoms with Crippen LogP contribution < -0.4 is 11.1 Å². The highest BCUT2D eigenvalue weighted by atomic mass is 19.1. The summed E-state index contributed by atoms with van der Waals surface area (Å²) in [6, 6.07) is 7.14. The number of nitrogens with one attached hydrogen (secondary N) is 1. The first-order chi connectivity index (χ1) is 13.4. The summed E-state index contributed by atoms with van der Waals surface area (Å²) in [6.07, 6.45) is 1.61. The normalized spacial score (nSPS) is 10.1. The summed E-state index contributed by atoms with van der Waals surface area (Å²) >= 11 is 0. The van der Waals surface area contributed by atoms with Crippen molar-refractivity contribution in [2.75, 3.05) is 18.1 Å². The number of aromatic carboxylic acids is 1. The third kappa shape index (κ3) is 3.88. The number of pyridine rings is 1. The Balaban J connectivity index is 2.11. The quantitative estimate of drug-likeness (QED) is 0.601. The van der Waals surface area contributed by atoms with Gasteiger partial charge in [0, 0.05) is 24.4 Å². The van der Waals surface area contributed by atoms with Gasteiger partial charge in [-0.2, -0.15) is 0 Å². The molecule has 0 aliphatic carbocycles. The van der Waals surface area contributed by atoms with Crippen molar-refractivity contribution in [2.24, 2.45) is 0 Å². The molecule has 3 aromatic rings. The van der Waals surface area contributed by atoms with Crippen LogP contribution in [0.15, 0.2) is 36.5 Å². The van der Waals surface area contributed by atoms with Crippen LogP contribution in [0.25, 0.3) is 11.3 Å². The van der Waals surface area contributed by atoms with E-state index in [0.29, 0.717) is 22.6 Å². The Hall–Kier alpha value is -3.99. The molecule has 2 aromatic heterocycles. The Morgan fingerprint density at radius 2 is 2.00 bits per heavy atom. The molecule has 0 amide bonds. The molecule has 4 N–H and O–H groups in total. The van der Waals surface area contributed by atoms with Crippen molar-refractivity contribution in [1.29, 1.82) is 0 Å². The molecule has 0 aliphatic rings. The first kappa shape index (κ1) is 18.8. The number of nitrogens with two attached hydrogens (primary N) is 1. The van der Waals surface area contributed by atoms with Crippen molar-refractivity contribution in [2.45, 2.75) is 6.92 Å². The van der Waals surface area contributed by atoms with Crippen LogP contribution in [-0.4, -0.2) is 33.1 Å². The molecule has 0 saturated heterocycles. The molecule has 0 saturated carbocycles. The molecule has 7 nitrogen and oxygen atoms in total. The number of hydrogen-bond donors (Lipinski definition) is 3. The average Bonchev–Trinajstić information content (AvgIpc) is 2.67. The van der Waals surface area contributed by atoms with Crippen LogP contribution in [-0.2, 0) is 0 Å². The molecule has 1 aromatic carbocycles. The molecular formula is C20H16FN5O2. The van der Waals surface area contributed by atoms with Crippen molar-refractivity contribution in [3.8, 4) is 23.1 Å². The van der Waals surface area contributed by atoms with E-state index in [1.165, 1.54) is 12.1 Å². The summed E-state index contributed by atoms with van der Waals surface area (Å²) in [6.45, 7) is 1.69. The minimum atomic E-state index is -1.22. The smallest absolute Gasteiger partial charge is 0.335 e. The Morgan fingerprint density at radius 1 is 1.21 bits per heavy atom. The number of aryl methyl sites for hydroxylation is 1. The molecule has 0 fully saturated rings. The molecule has 0 spiro atoms. The van der Waals surface area contributed by atoms with E-state index in [2.05, 4.69) is 32.1 Å². The van der Waals surface area contributed by atoms with Crippen LogP contribution >= 0.6 is 0 Å². The van der Waals surface area contributed by atoms with E-state index >= 15 is 0 Å². The first-order valence-corrected chi connectivity index (χ1v) is 8.22. The van der Waals surface area contributed by atoms with E-state index in [1.54, 1.807) is 32.3 Å². The summed E-state index contributed by atoms with van der Waals surface area (Å²) in [5.74, 6) is 4.63. The molecule has 140 valence electrons. The standard InChI is InChI=1S/C20H16FN5O2/c1-11-14(6-3-12-4-8-17(23-2)24-10-12)18(26-20(22)25-11)15-7-5-13(19(27)28)9-16(15)21/h4-5,7-10H,1-2H3,(H,23,24)(H,27,28)(H2,22,25,26). The molecule has 0 unspecified atom stereocenters. The Kier molecular flexibility index (Phi) is 5.18. The highest BCUT2D eigenvalue weighted by Gasteiger charge is 2.16. The monoisotopic (exact) mass is 377 g/mol. The molecule has 0 radical (unpaired) electrons. The predicted octanol–water partition coefficient (Wildman–Crippen LogP) is 2.71. The number of carboxylic acids is 1. The van der Waals surface area contributed by atoms with Crippen molar-refractivity contribution < 1.29 is 14.3 Å². The minimum Gasteiger partial charge on any atom is -0.478 e. The van der Waals surface area contributed by atoms with Gasteiger partial charge >= 0.3 is 5.97 Å². The number of nitrogen functional groups attached to an aromatic ring is 1. The second-order valence-corrected chi connectivity index (χ2v) is 5.82. The number of halogens is 1. The number of hydrogen-bond acceptors (Lipinski definition) is 6. The molecule has 2 heterocycles. The van der Waals surface area contributed by atoms with E-state index in [-0.39, 0.29) is 22.8 Å². The number of nitrogens with zero attached hydrogens (tertiary/aromatic N) is 3. The van der Waals surface area contributed by atoms with Crippen LogP contribution in [0, 0.1) is 24.6 Å². The van der Waals surface area contributed by atoms with Gasteiger partial charge in [0.05, 0.1) is 22.5 Å².